The van der Waals surface area contributed by atoms with E-state index in [1.165, 1.54) is 48.5 Å². The molecule has 6 atom stereocenters. The Hall–Kier alpha value is -2.51. The van der Waals surface area contributed by atoms with Crippen molar-refractivity contribution < 1.29 is 58.9 Å². The van der Waals surface area contributed by atoms with Gasteiger partial charge in [0.1, 0.15) is 38.8 Å². The van der Waals surface area contributed by atoms with Crippen LogP contribution in [0.15, 0.2) is 58.3 Å². The Kier molecular flexibility index (Phi) is 19.7. The lowest BCUT2D eigenvalue weighted by atomic mass is 9.86. The molecule has 0 bridgehead atoms. The molecule has 0 aliphatic heterocycles. The van der Waals surface area contributed by atoms with E-state index in [2.05, 4.69) is 10.6 Å². The second-order valence-corrected chi connectivity index (χ2v) is 18.0. The van der Waals surface area contributed by atoms with Crippen molar-refractivity contribution in [2.45, 2.75) is 69.4 Å². The molecule has 21 heteroatoms. The highest BCUT2D eigenvalue weighted by Crippen LogP contribution is 2.31. The van der Waals surface area contributed by atoms with Gasteiger partial charge in [0.05, 0.1) is 21.9 Å². The van der Waals surface area contributed by atoms with Crippen molar-refractivity contribution in [2.24, 2.45) is 0 Å². The molecule has 2 amide bonds. The van der Waals surface area contributed by atoms with Crippen molar-refractivity contribution in [3.63, 3.8) is 0 Å². The first-order valence-corrected chi connectivity index (χ1v) is 21.7. The predicted molar refractivity (Wildman–Crippen MR) is 200 cm³/mol. The van der Waals surface area contributed by atoms with Gasteiger partial charge >= 0.3 is 6.16 Å². The number of halogens is 6. The molecule has 2 aromatic rings. The number of alkyl halides is 6. The van der Waals surface area contributed by atoms with Crippen molar-refractivity contribution in [2.75, 3.05) is 52.3 Å². The summed E-state index contributed by atoms with van der Waals surface area (Å²) in [5.41, 5.74) is 0.607. The van der Waals surface area contributed by atoms with Crippen molar-refractivity contribution in [1.82, 2.24) is 10.6 Å². The highest BCUT2D eigenvalue weighted by Gasteiger charge is 2.37. The van der Waals surface area contributed by atoms with Gasteiger partial charge < -0.3 is 29.6 Å². The molecule has 0 radical (unpaired) electrons. The first-order chi connectivity index (χ1) is 25.3. The first kappa shape index (κ1) is 47.6. The van der Waals surface area contributed by atoms with Gasteiger partial charge in [-0.25, -0.2) is 30.4 Å². The third-order valence-corrected chi connectivity index (χ3v) is 11.0. The summed E-state index contributed by atoms with van der Waals surface area (Å²) in [6.07, 6.45) is -1.59. The molecule has 0 heterocycles. The number of rotatable bonds is 22. The molecule has 0 saturated carbocycles. The topological polar surface area (TPSA) is 180 Å². The molecule has 0 spiro atoms. The summed E-state index contributed by atoms with van der Waals surface area (Å²) in [7, 11) is -7.21. The van der Waals surface area contributed by atoms with Crippen molar-refractivity contribution >= 4 is 84.0 Å². The SMILES string of the molecule is CCOC(COC(=O)OCC(OCC)[C@H](c1ccc(S(C)(=O)=O)cc1)[C@@H](CF)NC(=O)C(Cl)Cl)[C@H](c1ccc(S(C)(=O)=O)cc1)[C@@H](CF)NC(=O)C(Cl)Cl. The standard InChI is InChI=1S/C33H42Cl4F2N2O11S2/c1-5-49-25(27(23(15-38)40-31(42)29(34)35)19-7-11-21(12-8-19)53(3,45)46)17-51-33(44)52-18-26(50-6-2)28(24(16-39)41-32(43)30(36)37)20-9-13-22(14-10-20)54(4,47)48/h7-14,23-30H,5-6,15-18H2,1-4H3,(H,40,42)(H,41,43)/t23-,24-,25?,26?,27-,28-/m1/s1. The minimum atomic E-state index is -3.60. The van der Waals surface area contributed by atoms with Gasteiger partial charge in [-0.15, -0.1) is 0 Å². The van der Waals surface area contributed by atoms with Crippen molar-refractivity contribution in [3.05, 3.63) is 59.7 Å². The number of carbonyl (C=O) groups is 3. The second-order valence-electron chi connectivity index (χ2n) is 11.7. The van der Waals surface area contributed by atoms with Gasteiger partial charge in [-0.2, -0.15) is 0 Å². The molecule has 304 valence electrons. The van der Waals surface area contributed by atoms with E-state index in [-0.39, 0.29) is 23.0 Å². The van der Waals surface area contributed by atoms with Gasteiger partial charge in [0.15, 0.2) is 29.3 Å². The summed E-state index contributed by atoms with van der Waals surface area (Å²) in [4.78, 5) is 34.7. The number of nitrogens with one attached hydrogen (secondary N) is 2. The quantitative estimate of drug-likeness (QED) is 0.122. The molecular weight excluding hydrogens is 844 g/mol. The molecule has 2 aromatic carbocycles. The van der Waals surface area contributed by atoms with E-state index in [9.17, 15) is 40.0 Å². The molecule has 0 fully saturated rings. The van der Waals surface area contributed by atoms with E-state index in [1.807, 2.05) is 0 Å². The van der Waals surface area contributed by atoms with E-state index < -0.39 is 110 Å². The van der Waals surface area contributed by atoms with Crippen LogP contribution in [0.25, 0.3) is 0 Å². The van der Waals surface area contributed by atoms with Crippen LogP contribution in [0.3, 0.4) is 0 Å². The fourth-order valence-electron chi connectivity index (χ4n) is 5.51. The zero-order valence-electron chi connectivity index (χ0n) is 29.6. The van der Waals surface area contributed by atoms with Crippen LogP contribution in [0.5, 0.6) is 0 Å². The molecule has 0 saturated heterocycles. The summed E-state index contributed by atoms with van der Waals surface area (Å²) in [6.45, 7) is -0.215. The summed E-state index contributed by atoms with van der Waals surface area (Å²) in [5, 5.41) is 4.78. The van der Waals surface area contributed by atoms with Gasteiger partial charge in [0, 0.05) is 37.6 Å². The Balaban J connectivity index is 2.42. The second kappa shape index (κ2) is 22.3. The Labute approximate surface area is 333 Å². The number of carbonyl (C=O) groups excluding carboxylic acids is 3. The lowest BCUT2D eigenvalue weighted by molar-refractivity contribution is -0.121. The lowest BCUT2D eigenvalue weighted by Gasteiger charge is -2.34. The third-order valence-electron chi connectivity index (χ3n) is 7.93. The van der Waals surface area contributed by atoms with Crippen LogP contribution in [-0.2, 0) is 48.2 Å². The van der Waals surface area contributed by atoms with Crippen LogP contribution >= 0.6 is 46.4 Å². The summed E-state index contributed by atoms with van der Waals surface area (Å²) in [5.74, 6) is -4.03. The van der Waals surface area contributed by atoms with Crippen LogP contribution in [-0.4, -0.2) is 121 Å². The van der Waals surface area contributed by atoms with E-state index in [1.54, 1.807) is 13.8 Å². The molecule has 0 aliphatic carbocycles. The summed E-state index contributed by atoms with van der Waals surface area (Å²) >= 11 is 22.8. The number of amides is 2. The van der Waals surface area contributed by atoms with Crippen molar-refractivity contribution in [1.29, 1.82) is 0 Å². The highest BCUT2D eigenvalue weighted by atomic mass is 35.5. The molecule has 54 heavy (non-hydrogen) atoms. The normalized spacial score (nSPS) is 15.5. The van der Waals surface area contributed by atoms with Crippen LogP contribution < -0.4 is 10.6 Å². The largest absolute Gasteiger partial charge is 0.508 e. The zero-order chi connectivity index (χ0) is 40.8. The van der Waals surface area contributed by atoms with E-state index in [0.717, 1.165) is 12.5 Å². The maximum absolute atomic E-state index is 14.6. The van der Waals surface area contributed by atoms with E-state index >= 15 is 0 Å². The summed E-state index contributed by atoms with van der Waals surface area (Å²) < 4.78 is 99.8. The van der Waals surface area contributed by atoms with Gasteiger partial charge in [-0.3, -0.25) is 9.59 Å². The average molecular weight is 887 g/mol. The Bertz CT molecular complexity index is 1620. The molecule has 13 nitrogen and oxygen atoms in total. The smallest absolute Gasteiger partial charge is 0.432 e. The number of benzene rings is 2. The number of hydrogen-bond donors (Lipinski definition) is 2. The minimum Gasteiger partial charge on any atom is -0.432 e. The third kappa shape index (κ3) is 14.5. The maximum atomic E-state index is 14.6. The van der Waals surface area contributed by atoms with Gasteiger partial charge in [0.25, 0.3) is 11.8 Å². The maximum Gasteiger partial charge on any atom is 0.508 e. The monoisotopic (exact) mass is 884 g/mol. The number of sulfone groups is 2. The zero-order valence-corrected chi connectivity index (χ0v) is 34.2. The fourth-order valence-corrected chi connectivity index (χ4v) is 7.02. The molecule has 2 rings (SSSR count). The minimum absolute atomic E-state index is 0.0234. The lowest BCUT2D eigenvalue weighted by Crippen LogP contribution is -2.48. The van der Waals surface area contributed by atoms with Crippen LogP contribution in [0.1, 0.15) is 36.8 Å². The predicted octanol–water partition coefficient (Wildman–Crippen LogP) is 4.84. The van der Waals surface area contributed by atoms with E-state index in [4.69, 9.17) is 65.4 Å². The van der Waals surface area contributed by atoms with Gasteiger partial charge in [-0.05, 0) is 49.2 Å². The van der Waals surface area contributed by atoms with Crippen LogP contribution in [0, 0.1) is 0 Å². The summed E-state index contributed by atoms with van der Waals surface area (Å²) in [6, 6.07) is 8.02. The number of hydrogen-bond acceptors (Lipinski definition) is 11. The molecule has 2 N–H and O–H groups in total. The Morgan fingerprint density at radius 1 is 0.630 bits per heavy atom. The van der Waals surface area contributed by atoms with Crippen LogP contribution in [0.2, 0.25) is 0 Å². The van der Waals surface area contributed by atoms with Gasteiger partial charge in [0.2, 0.25) is 0 Å². The van der Waals surface area contributed by atoms with E-state index in [0.29, 0.717) is 11.1 Å². The van der Waals surface area contributed by atoms with Crippen LogP contribution in [0.4, 0.5) is 13.6 Å². The Morgan fingerprint density at radius 2 is 0.944 bits per heavy atom. The van der Waals surface area contributed by atoms with Gasteiger partial charge in [-0.1, -0.05) is 70.7 Å². The molecule has 2 unspecified atom stereocenters. The highest BCUT2D eigenvalue weighted by molar-refractivity contribution is 7.91. The molecular formula is C33H42Cl4F2N2O11S2. The Morgan fingerprint density at radius 3 is 1.19 bits per heavy atom. The first-order valence-electron chi connectivity index (χ1n) is 16.2. The average Bonchev–Trinajstić information content (AvgIpc) is 3.11. The van der Waals surface area contributed by atoms with Crippen molar-refractivity contribution in [3.8, 4) is 0 Å². The fraction of sp³-hybridized carbons (Fsp3) is 0.545. The molecule has 0 aromatic heterocycles. The number of ether oxygens (including phenoxy) is 4. The molecule has 0 aliphatic rings.